The van der Waals surface area contributed by atoms with Crippen LogP contribution in [0.2, 0.25) is 5.02 Å². The predicted octanol–water partition coefficient (Wildman–Crippen LogP) is 2.80. The van der Waals surface area contributed by atoms with Crippen molar-refractivity contribution in [1.29, 1.82) is 0 Å². The predicted molar refractivity (Wildman–Crippen MR) is 61.9 cm³/mol. The van der Waals surface area contributed by atoms with Gasteiger partial charge in [-0.2, -0.15) is 0 Å². The van der Waals surface area contributed by atoms with Gasteiger partial charge in [-0.15, -0.1) is 0 Å². The van der Waals surface area contributed by atoms with E-state index in [1.165, 1.54) is 12.8 Å². The first kappa shape index (κ1) is 10.2. The number of nitrogens with two attached hydrogens (primary N) is 1. The summed E-state index contributed by atoms with van der Waals surface area (Å²) in [4.78, 5) is 0. The van der Waals surface area contributed by atoms with Crippen molar-refractivity contribution >= 4 is 11.6 Å². The maximum atomic E-state index is 6.39. The van der Waals surface area contributed by atoms with Gasteiger partial charge in [-0.1, -0.05) is 24.4 Å². The highest BCUT2D eigenvalue weighted by Crippen LogP contribution is 2.45. The van der Waals surface area contributed by atoms with E-state index in [1.54, 1.807) is 0 Å². The van der Waals surface area contributed by atoms with Gasteiger partial charge in [0.2, 0.25) is 6.79 Å². The average molecular weight is 240 g/mol. The van der Waals surface area contributed by atoms with Crippen LogP contribution in [0.15, 0.2) is 12.1 Å². The quantitative estimate of drug-likeness (QED) is 0.820. The molecule has 0 atom stereocenters. The summed E-state index contributed by atoms with van der Waals surface area (Å²) in [5, 5.41) is 0.599. The van der Waals surface area contributed by atoms with Crippen molar-refractivity contribution < 1.29 is 9.47 Å². The molecule has 2 aliphatic rings. The van der Waals surface area contributed by atoms with Crippen molar-refractivity contribution in [2.75, 3.05) is 6.79 Å². The average Bonchev–Trinajstić information content (AvgIpc) is 2.86. The van der Waals surface area contributed by atoms with Crippen LogP contribution in [0, 0.1) is 0 Å². The zero-order valence-electron chi connectivity index (χ0n) is 8.96. The van der Waals surface area contributed by atoms with Crippen LogP contribution in [0.5, 0.6) is 11.5 Å². The van der Waals surface area contributed by atoms with Crippen LogP contribution in [0.25, 0.3) is 0 Å². The Morgan fingerprint density at radius 3 is 2.69 bits per heavy atom. The van der Waals surface area contributed by atoms with Crippen LogP contribution in [-0.4, -0.2) is 6.79 Å². The molecule has 1 aromatic carbocycles. The van der Waals surface area contributed by atoms with E-state index in [9.17, 15) is 0 Å². The van der Waals surface area contributed by atoms with E-state index in [4.69, 9.17) is 26.8 Å². The minimum Gasteiger partial charge on any atom is -0.454 e. The zero-order chi connectivity index (χ0) is 11.2. The van der Waals surface area contributed by atoms with Gasteiger partial charge in [0.15, 0.2) is 11.5 Å². The fourth-order valence-electron chi connectivity index (χ4n) is 2.55. The third kappa shape index (κ3) is 1.46. The third-order valence-corrected chi connectivity index (χ3v) is 3.78. The molecule has 0 radical (unpaired) electrons. The normalized spacial score (nSPS) is 21.4. The van der Waals surface area contributed by atoms with Crippen molar-refractivity contribution in [2.45, 2.75) is 31.2 Å². The second-order valence-corrected chi connectivity index (χ2v) is 4.96. The first-order valence-corrected chi connectivity index (χ1v) is 5.95. The number of rotatable bonds is 1. The van der Waals surface area contributed by atoms with Crippen LogP contribution in [0.4, 0.5) is 0 Å². The molecule has 0 unspecified atom stereocenters. The maximum Gasteiger partial charge on any atom is 0.231 e. The highest BCUT2D eigenvalue weighted by molar-refractivity contribution is 6.32. The second kappa shape index (κ2) is 3.54. The SMILES string of the molecule is NC1(c2cc(Cl)c3c(c2)OCO3)CCCC1. The van der Waals surface area contributed by atoms with E-state index in [2.05, 4.69) is 0 Å². The Kier molecular flexibility index (Phi) is 2.26. The maximum absolute atomic E-state index is 6.39. The summed E-state index contributed by atoms with van der Waals surface area (Å²) in [7, 11) is 0. The van der Waals surface area contributed by atoms with Gasteiger partial charge >= 0.3 is 0 Å². The minimum atomic E-state index is -0.232. The molecule has 1 heterocycles. The molecule has 0 bridgehead atoms. The largest absolute Gasteiger partial charge is 0.454 e. The number of fused-ring (bicyclic) bond motifs is 1. The van der Waals surface area contributed by atoms with Crippen LogP contribution in [0.3, 0.4) is 0 Å². The molecule has 16 heavy (non-hydrogen) atoms. The van der Waals surface area contributed by atoms with Crippen LogP contribution in [-0.2, 0) is 5.54 Å². The lowest BCUT2D eigenvalue weighted by atomic mass is 9.89. The minimum absolute atomic E-state index is 0.232. The molecular weight excluding hydrogens is 226 g/mol. The fourth-order valence-corrected chi connectivity index (χ4v) is 2.81. The molecule has 3 rings (SSSR count). The Bertz CT molecular complexity index is 427. The van der Waals surface area contributed by atoms with Gasteiger partial charge in [0.25, 0.3) is 0 Å². The van der Waals surface area contributed by atoms with Gasteiger partial charge in [-0.3, -0.25) is 0 Å². The van der Waals surface area contributed by atoms with E-state index in [0.29, 0.717) is 10.8 Å². The van der Waals surface area contributed by atoms with E-state index in [-0.39, 0.29) is 12.3 Å². The Morgan fingerprint density at radius 2 is 1.94 bits per heavy atom. The first-order valence-electron chi connectivity index (χ1n) is 5.58. The lowest BCUT2D eigenvalue weighted by Crippen LogP contribution is -2.32. The summed E-state index contributed by atoms with van der Waals surface area (Å²) >= 11 is 6.15. The Morgan fingerprint density at radius 1 is 1.19 bits per heavy atom. The fraction of sp³-hybridized carbons (Fsp3) is 0.500. The first-order chi connectivity index (χ1) is 7.69. The van der Waals surface area contributed by atoms with Crippen LogP contribution >= 0.6 is 11.6 Å². The molecule has 1 aliphatic carbocycles. The van der Waals surface area contributed by atoms with Gasteiger partial charge in [-0.25, -0.2) is 0 Å². The molecule has 0 spiro atoms. The molecule has 1 saturated carbocycles. The van der Waals surface area contributed by atoms with Gasteiger partial charge in [0.05, 0.1) is 5.02 Å². The summed E-state index contributed by atoms with van der Waals surface area (Å²) in [6.45, 7) is 0.246. The van der Waals surface area contributed by atoms with Crippen molar-refractivity contribution in [3.8, 4) is 11.5 Å². The van der Waals surface area contributed by atoms with Crippen molar-refractivity contribution in [3.63, 3.8) is 0 Å². The third-order valence-electron chi connectivity index (χ3n) is 3.50. The molecule has 3 nitrogen and oxygen atoms in total. The van der Waals surface area contributed by atoms with Gasteiger partial charge < -0.3 is 15.2 Å². The highest BCUT2D eigenvalue weighted by Gasteiger charge is 2.33. The summed E-state index contributed by atoms with van der Waals surface area (Å²) in [6, 6.07) is 3.89. The summed E-state index contributed by atoms with van der Waals surface area (Å²) in [5.74, 6) is 1.37. The Balaban J connectivity index is 2.05. The number of hydrogen-bond donors (Lipinski definition) is 1. The highest BCUT2D eigenvalue weighted by atomic mass is 35.5. The topological polar surface area (TPSA) is 44.5 Å². The molecule has 0 aromatic heterocycles. The van der Waals surface area contributed by atoms with E-state index in [0.717, 1.165) is 24.2 Å². The monoisotopic (exact) mass is 239 g/mol. The van der Waals surface area contributed by atoms with E-state index >= 15 is 0 Å². The molecule has 1 aliphatic heterocycles. The van der Waals surface area contributed by atoms with E-state index < -0.39 is 0 Å². The molecule has 2 N–H and O–H groups in total. The number of ether oxygens (including phenoxy) is 2. The van der Waals surface area contributed by atoms with Gasteiger partial charge in [0.1, 0.15) is 0 Å². The van der Waals surface area contributed by atoms with Crippen molar-refractivity contribution in [3.05, 3.63) is 22.7 Å². The molecule has 1 aromatic rings. The number of halogens is 1. The molecule has 0 saturated heterocycles. The lowest BCUT2D eigenvalue weighted by molar-refractivity contribution is 0.174. The molecule has 0 amide bonds. The molecule has 4 heteroatoms. The number of hydrogen-bond acceptors (Lipinski definition) is 3. The van der Waals surface area contributed by atoms with Crippen LogP contribution in [0.1, 0.15) is 31.2 Å². The Labute approximate surface area is 99.5 Å². The second-order valence-electron chi connectivity index (χ2n) is 4.56. The van der Waals surface area contributed by atoms with Crippen LogP contribution < -0.4 is 15.2 Å². The summed E-state index contributed by atoms with van der Waals surface area (Å²) in [6.07, 6.45) is 4.40. The zero-order valence-corrected chi connectivity index (χ0v) is 9.72. The smallest absolute Gasteiger partial charge is 0.231 e. The van der Waals surface area contributed by atoms with Gasteiger partial charge in [-0.05, 0) is 30.5 Å². The summed E-state index contributed by atoms with van der Waals surface area (Å²) < 4.78 is 10.6. The standard InChI is InChI=1S/C12H14ClNO2/c13-9-5-8(12(14)3-1-2-4-12)6-10-11(9)16-7-15-10/h5-6H,1-4,7,14H2. The molecule has 1 fully saturated rings. The van der Waals surface area contributed by atoms with Gasteiger partial charge in [0, 0.05) is 5.54 Å². The number of benzene rings is 1. The van der Waals surface area contributed by atoms with Crippen molar-refractivity contribution in [1.82, 2.24) is 0 Å². The lowest BCUT2D eigenvalue weighted by Gasteiger charge is -2.24. The van der Waals surface area contributed by atoms with Crippen molar-refractivity contribution in [2.24, 2.45) is 5.73 Å². The summed E-state index contributed by atoms with van der Waals surface area (Å²) in [5.41, 5.74) is 7.23. The van der Waals surface area contributed by atoms with E-state index in [1.807, 2.05) is 12.1 Å². The molecule has 86 valence electrons. The molecular formula is C12H14ClNO2. The Hall–Kier alpha value is -0.930.